The van der Waals surface area contributed by atoms with Gasteiger partial charge in [-0.2, -0.15) is 0 Å². The number of amides is 1. The van der Waals surface area contributed by atoms with Crippen LogP contribution in [0.15, 0.2) is 58.4 Å². The molecule has 0 aliphatic rings. The molecule has 1 N–H and O–H groups in total. The predicted molar refractivity (Wildman–Crippen MR) is 117 cm³/mol. The number of nitrogens with zero attached hydrogens (tertiary/aromatic N) is 2. The number of aryl methyl sites for hydroxylation is 2. The molecule has 0 aliphatic carbocycles. The lowest BCUT2D eigenvalue weighted by Gasteiger charge is -2.07. The second-order valence-corrected chi connectivity index (χ2v) is 7.86. The zero-order valence-corrected chi connectivity index (χ0v) is 17.8. The fraction of sp³-hybridized carbons (Fsp3) is 0.174. The third kappa shape index (κ3) is 5.16. The Hall–Kier alpha value is -3.52. The summed E-state index contributed by atoms with van der Waals surface area (Å²) in [6, 6.07) is 13.5. The first-order chi connectivity index (χ1) is 15.0. The molecule has 0 bridgehead atoms. The van der Waals surface area contributed by atoms with Crippen LogP contribution in [0.3, 0.4) is 0 Å². The van der Waals surface area contributed by atoms with Gasteiger partial charge in [0.1, 0.15) is 23.9 Å². The smallest absolute Gasteiger partial charge is 0.230 e. The zero-order chi connectivity index (χ0) is 21.8. The second-order valence-electron chi connectivity index (χ2n) is 7.01. The average molecular weight is 437 g/mol. The van der Waals surface area contributed by atoms with E-state index in [-0.39, 0.29) is 18.1 Å². The van der Waals surface area contributed by atoms with Gasteiger partial charge in [-0.3, -0.25) is 4.79 Å². The Morgan fingerprint density at radius 1 is 1.13 bits per heavy atom. The molecule has 158 valence electrons. The van der Waals surface area contributed by atoms with Crippen molar-refractivity contribution in [2.24, 2.45) is 0 Å². The molecule has 0 aliphatic heterocycles. The average Bonchev–Trinajstić information content (AvgIpc) is 3.34. The Labute approximate surface area is 182 Å². The van der Waals surface area contributed by atoms with Gasteiger partial charge in [0.2, 0.25) is 5.91 Å². The number of hydrogen-bond acceptors (Lipinski definition) is 6. The summed E-state index contributed by atoms with van der Waals surface area (Å²) in [7, 11) is 0. The van der Waals surface area contributed by atoms with Gasteiger partial charge in [0.05, 0.1) is 23.4 Å². The van der Waals surface area contributed by atoms with Gasteiger partial charge in [0, 0.05) is 10.9 Å². The van der Waals surface area contributed by atoms with Crippen molar-refractivity contribution in [2.75, 3.05) is 5.32 Å². The van der Waals surface area contributed by atoms with Gasteiger partial charge in [0.15, 0.2) is 5.13 Å². The van der Waals surface area contributed by atoms with Crippen LogP contribution >= 0.6 is 11.3 Å². The van der Waals surface area contributed by atoms with E-state index in [1.54, 1.807) is 12.1 Å². The van der Waals surface area contributed by atoms with Crippen molar-refractivity contribution in [3.63, 3.8) is 0 Å². The maximum Gasteiger partial charge on any atom is 0.230 e. The number of rotatable bonds is 7. The number of nitrogens with one attached hydrogen (secondary N) is 1. The number of benzene rings is 2. The summed E-state index contributed by atoms with van der Waals surface area (Å²) in [6.07, 6.45) is 0.218. The van der Waals surface area contributed by atoms with E-state index in [4.69, 9.17) is 9.26 Å². The number of carbonyl (C=O) groups excluding carboxylic acids is 1. The van der Waals surface area contributed by atoms with E-state index in [1.165, 1.54) is 23.5 Å². The lowest BCUT2D eigenvalue weighted by atomic mass is 10.1. The Morgan fingerprint density at radius 3 is 2.55 bits per heavy atom. The molecule has 0 spiro atoms. The number of halogens is 1. The summed E-state index contributed by atoms with van der Waals surface area (Å²) >= 11 is 1.33. The minimum absolute atomic E-state index is 0.163. The quantitative estimate of drug-likeness (QED) is 0.424. The summed E-state index contributed by atoms with van der Waals surface area (Å²) in [5.74, 6) is 0.987. The van der Waals surface area contributed by atoms with Crippen molar-refractivity contribution >= 4 is 22.4 Å². The molecule has 2 aromatic heterocycles. The molecule has 0 atom stereocenters. The third-order valence-electron chi connectivity index (χ3n) is 4.74. The van der Waals surface area contributed by atoms with Gasteiger partial charge in [-0.25, -0.2) is 9.37 Å². The summed E-state index contributed by atoms with van der Waals surface area (Å²) in [5.41, 5.74) is 4.10. The van der Waals surface area contributed by atoms with Crippen molar-refractivity contribution in [1.29, 1.82) is 0 Å². The van der Waals surface area contributed by atoms with Crippen molar-refractivity contribution in [3.05, 3.63) is 82.3 Å². The third-order valence-corrected chi connectivity index (χ3v) is 5.50. The normalized spacial score (nSPS) is 10.8. The standard InChI is InChI=1S/C23H20FN3O3S/c1-14-20(15(2)30-27-14)12-29-19-9-3-16(4-10-19)11-22(28)26-23-25-21(13-31-23)17-5-7-18(24)8-6-17/h3-10,13H,11-12H2,1-2H3,(H,25,26,28). The lowest BCUT2D eigenvalue weighted by molar-refractivity contribution is -0.115. The topological polar surface area (TPSA) is 77.2 Å². The highest BCUT2D eigenvalue weighted by Crippen LogP contribution is 2.25. The summed E-state index contributed by atoms with van der Waals surface area (Å²) in [6.45, 7) is 4.11. The number of aromatic nitrogens is 2. The molecule has 31 heavy (non-hydrogen) atoms. The maximum absolute atomic E-state index is 13.1. The molecule has 6 nitrogen and oxygen atoms in total. The summed E-state index contributed by atoms with van der Waals surface area (Å²) < 4.78 is 24.0. The van der Waals surface area contributed by atoms with Gasteiger partial charge in [-0.1, -0.05) is 17.3 Å². The molecular formula is C23H20FN3O3S. The Bertz CT molecular complexity index is 1160. The van der Waals surface area contributed by atoms with E-state index in [0.717, 1.165) is 28.1 Å². The van der Waals surface area contributed by atoms with Crippen LogP contribution in [0.1, 0.15) is 22.6 Å². The van der Waals surface area contributed by atoms with Gasteiger partial charge in [-0.15, -0.1) is 11.3 Å². The highest BCUT2D eigenvalue weighted by molar-refractivity contribution is 7.14. The number of anilines is 1. The van der Waals surface area contributed by atoms with E-state index in [2.05, 4.69) is 15.5 Å². The molecule has 4 rings (SSSR count). The first-order valence-corrected chi connectivity index (χ1v) is 10.5. The number of carbonyl (C=O) groups is 1. The maximum atomic E-state index is 13.1. The Balaban J connectivity index is 1.31. The number of thiazole rings is 1. The minimum Gasteiger partial charge on any atom is -0.489 e. The second kappa shape index (κ2) is 9.09. The van der Waals surface area contributed by atoms with Gasteiger partial charge >= 0.3 is 0 Å². The first kappa shape index (κ1) is 20.7. The van der Waals surface area contributed by atoms with Crippen molar-refractivity contribution in [3.8, 4) is 17.0 Å². The predicted octanol–water partition coefficient (Wildman–Crippen LogP) is 5.31. The highest BCUT2D eigenvalue weighted by atomic mass is 32.1. The molecule has 0 saturated heterocycles. The van der Waals surface area contributed by atoms with E-state index in [0.29, 0.717) is 23.2 Å². The lowest BCUT2D eigenvalue weighted by Crippen LogP contribution is -2.14. The van der Waals surface area contributed by atoms with Crippen LogP contribution in [0.2, 0.25) is 0 Å². The van der Waals surface area contributed by atoms with Gasteiger partial charge in [0.25, 0.3) is 0 Å². The SMILES string of the molecule is Cc1noc(C)c1COc1ccc(CC(=O)Nc2nc(-c3ccc(F)cc3)cs2)cc1. The molecule has 8 heteroatoms. The van der Waals surface area contributed by atoms with E-state index >= 15 is 0 Å². The largest absolute Gasteiger partial charge is 0.489 e. The fourth-order valence-electron chi connectivity index (χ4n) is 3.00. The highest BCUT2D eigenvalue weighted by Gasteiger charge is 2.11. The fourth-order valence-corrected chi connectivity index (χ4v) is 3.74. The Morgan fingerprint density at radius 2 is 1.87 bits per heavy atom. The molecule has 0 unspecified atom stereocenters. The summed E-state index contributed by atoms with van der Waals surface area (Å²) in [5, 5.41) is 9.05. The molecule has 0 radical (unpaired) electrons. The van der Waals surface area contributed by atoms with Crippen LogP contribution in [0.4, 0.5) is 9.52 Å². The first-order valence-electron chi connectivity index (χ1n) is 9.63. The van der Waals surface area contributed by atoms with E-state index < -0.39 is 0 Å². The van der Waals surface area contributed by atoms with Crippen LogP contribution in [-0.2, 0) is 17.8 Å². The van der Waals surface area contributed by atoms with Crippen molar-refractivity contribution < 1.29 is 18.4 Å². The van der Waals surface area contributed by atoms with Crippen LogP contribution in [0, 0.1) is 19.7 Å². The monoisotopic (exact) mass is 437 g/mol. The van der Waals surface area contributed by atoms with Crippen LogP contribution < -0.4 is 10.1 Å². The van der Waals surface area contributed by atoms with Crippen molar-refractivity contribution in [1.82, 2.24) is 10.1 Å². The Kier molecular flexibility index (Phi) is 6.08. The molecular weight excluding hydrogens is 417 g/mol. The molecule has 2 heterocycles. The molecule has 0 saturated carbocycles. The van der Waals surface area contributed by atoms with Gasteiger partial charge in [-0.05, 0) is 55.8 Å². The van der Waals surface area contributed by atoms with Crippen LogP contribution in [0.5, 0.6) is 5.75 Å². The number of ether oxygens (including phenoxy) is 1. The van der Waals surface area contributed by atoms with E-state index in [9.17, 15) is 9.18 Å². The van der Waals surface area contributed by atoms with Crippen LogP contribution in [0.25, 0.3) is 11.3 Å². The van der Waals surface area contributed by atoms with Crippen LogP contribution in [-0.4, -0.2) is 16.0 Å². The minimum atomic E-state index is -0.298. The van der Waals surface area contributed by atoms with E-state index in [1.807, 2.05) is 43.5 Å². The number of hydrogen-bond donors (Lipinski definition) is 1. The molecule has 1 amide bonds. The summed E-state index contributed by atoms with van der Waals surface area (Å²) in [4.78, 5) is 16.8. The van der Waals surface area contributed by atoms with Crippen molar-refractivity contribution in [2.45, 2.75) is 26.9 Å². The van der Waals surface area contributed by atoms with Gasteiger partial charge < -0.3 is 14.6 Å². The molecule has 4 aromatic rings. The zero-order valence-electron chi connectivity index (χ0n) is 17.0. The molecule has 2 aromatic carbocycles. The molecule has 0 fully saturated rings.